The van der Waals surface area contributed by atoms with Crippen LogP contribution in [-0.4, -0.2) is 9.97 Å². The summed E-state index contributed by atoms with van der Waals surface area (Å²) in [4.78, 5) is 8.68. The van der Waals surface area contributed by atoms with Gasteiger partial charge in [0.15, 0.2) is 0 Å². The van der Waals surface area contributed by atoms with Crippen molar-refractivity contribution >= 4 is 39.0 Å². The van der Waals surface area contributed by atoms with Crippen LogP contribution >= 0.6 is 27.5 Å². The third-order valence-corrected chi connectivity index (χ3v) is 3.12. The number of rotatable bonds is 3. The van der Waals surface area contributed by atoms with Crippen molar-refractivity contribution in [3.63, 3.8) is 0 Å². The first-order valence-electron chi connectivity index (χ1n) is 5.72. The Morgan fingerprint density at radius 2 is 2.00 bits per heavy atom. The molecule has 0 aliphatic heterocycles. The predicted octanol–water partition coefficient (Wildman–Crippen LogP) is 4.90. The first-order valence-corrected chi connectivity index (χ1v) is 6.89. The largest absolute Gasteiger partial charge is 0.340 e. The molecule has 0 amide bonds. The average molecular weight is 345 g/mol. The van der Waals surface area contributed by atoms with Gasteiger partial charge in [-0.05, 0) is 34.1 Å². The van der Waals surface area contributed by atoms with Crippen molar-refractivity contribution in [2.24, 2.45) is 0 Å². The molecule has 0 spiro atoms. The van der Waals surface area contributed by atoms with E-state index in [1.807, 2.05) is 13.8 Å². The molecule has 0 saturated heterocycles. The van der Waals surface area contributed by atoms with Crippen LogP contribution in [0.3, 0.4) is 0 Å². The number of anilines is 2. The summed E-state index contributed by atoms with van der Waals surface area (Å²) >= 11 is 9.08. The maximum Gasteiger partial charge on any atom is 0.141 e. The van der Waals surface area contributed by atoms with E-state index in [9.17, 15) is 4.39 Å². The Bertz CT molecular complexity index is 604. The van der Waals surface area contributed by atoms with E-state index in [1.165, 1.54) is 12.1 Å². The van der Waals surface area contributed by atoms with Crippen molar-refractivity contribution in [3.05, 3.63) is 45.5 Å². The minimum Gasteiger partial charge on any atom is -0.340 e. The van der Waals surface area contributed by atoms with Gasteiger partial charge in [0.05, 0.1) is 5.02 Å². The van der Waals surface area contributed by atoms with Crippen molar-refractivity contribution in [1.82, 2.24) is 9.97 Å². The van der Waals surface area contributed by atoms with Crippen molar-refractivity contribution < 1.29 is 4.39 Å². The highest BCUT2D eigenvalue weighted by Gasteiger charge is 2.08. The van der Waals surface area contributed by atoms with E-state index in [-0.39, 0.29) is 10.9 Å². The van der Waals surface area contributed by atoms with Gasteiger partial charge in [-0.1, -0.05) is 25.4 Å². The van der Waals surface area contributed by atoms with Crippen LogP contribution < -0.4 is 5.32 Å². The molecule has 0 bridgehead atoms. The molecule has 100 valence electrons. The molecule has 2 aromatic rings. The molecule has 1 heterocycles. The fraction of sp³-hybridized carbons (Fsp3) is 0.231. The highest BCUT2D eigenvalue weighted by molar-refractivity contribution is 9.10. The Hall–Kier alpha value is -1.20. The summed E-state index contributed by atoms with van der Waals surface area (Å²) in [6.45, 7) is 4.03. The lowest BCUT2D eigenvalue weighted by molar-refractivity contribution is 0.628. The van der Waals surface area contributed by atoms with Crippen LogP contribution in [0, 0.1) is 5.82 Å². The molecule has 0 saturated carbocycles. The van der Waals surface area contributed by atoms with Crippen molar-refractivity contribution in [1.29, 1.82) is 0 Å². The van der Waals surface area contributed by atoms with Crippen LogP contribution in [0.5, 0.6) is 0 Å². The summed E-state index contributed by atoms with van der Waals surface area (Å²) in [5, 5.41) is 3.15. The van der Waals surface area contributed by atoms with Gasteiger partial charge in [-0.2, -0.15) is 0 Å². The van der Waals surface area contributed by atoms with Crippen LogP contribution in [-0.2, 0) is 0 Å². The lowest BCUT2D eigenvalue weighted by atomic mass is 10.2. The fourth-order valence-electron chi connectivity index (χ4n) is 1.48. The summed E-state index contributed by atoms with van der Waals surface area (Å²) in [5.74, 6) is 1.13. The maximum atomic E-state index is 13.1. The number of aromatic nitrogens is 2. The van der Waals surface area contributed by atoms with Gasteiger partial charge in [0.1, 0.15) is 22.1 Å². The predicted molar refractivity (Wildman–Crippen MR) is 78.5 cm³/mol. The second-order valence-corrected chi connectivity index (χ2v) is 5.56. The second kappa shape index (κ2) is 5.84. The van der Waals surface area contributed by atoms with Gasteiger partial charge in [0.25, 0.3) is 0 Å². The van der Waals surface area contributed by atoms with Crippen LogP contribution in [0.1, 0.15) is 25.6 Å². The van der Waals surface area contributed by atoms with Gasteiger partial charge in [-0.25, -0.2) is 14.4 Å². The maximum absolute atomic E-state index is 13.1. The number of hydrogen-bond acceptors (Lipinski definition) is 3. The Morgan fingerprint density at radius 1 is 1.26 bits per heavy atom. The lowest BCUT2D eigenvalue weighted by Crippen LogP contribution is -2.02. The Morgan fingerprint density at radius 3 is 2.63 bits per heavy atom. The third kappa shape index (κ3) is 3.64. The first kappa shape index (κ1) is 14.2. The molecule has 1 N–H and O–H groups in total. The monoisotopic (exact) mass is 343 g/mol. The highest BCUT2D eigenvalue weighted by Crippen LogP contribution is 2.24. The van der Waals surface area contributed by atoms with Crippen LogP contribution in [0.15, 0.2) is 28.9 Å². The SMILES string of the molecule is CC(C)c1nc(Br)cc(Nc2ccc(F)c(Cl)c2)n1. The normalized spacial score (nSPS) is 10.8. The molecule has 3 nitrogen and oxygen atoms in total. The topological polar surface area (TPSA) is 37.8 Å². The van der Waals surface area contributed by atoms with Crippen LogP contribution in [0.2, 0.25) is 5.02 Å². The molecule has 0 unspecified atom stereocenters. The Kier molecular flexibility index (Phi) is 4.37. The summed E-state index contributed by atoms with van der Waals surface area (Å²) in [6.07, 6.45) is 0. The minimum atomic E-state index is -0.445. The third-order valence-electron chi connectivity index (χ3n) is 2.42. The molecule has 0 aliphatic rings. The van der Waals surface area contributed by atoms with E-state index < -0.39 is 5.82 Å². The standard InChI is InChI=1S/C13H12BrClFN3/c1-7(2)13-18-11(14)6-12(19-13)17-8-3-4-10(16)9(15)5-8/h3-7H,1-2H3,(H,17,18,19). The molecule has 0 aliphatic carbocycles. The highest BCUT2D eigenvalue weighted by atomic mass is 79.9. The summed E-state index contributed by atoms with van der Waals surface area (Å²) in [6, 6.07) is 6.18. The van der Waals surface area contributed by atoms with E-state index in [1.54, 1.807) is 12.1 Å². The molecule has 2 rings (SSSR count). The molecule has 0 atom stereocenters. The zero-order valence-electron chi connectivity index (χ0n) is 10.4. The van der Waals surface area contributed by atoms with Gasteiger partial charge in [0.2, 0.25) is 0 Å². The molecule has 1 aromatic carbocycles. The molecule has 19 heavy (non-hydrogen) atoms. The van der Waals surface area contributed by atoms with Gasteiger partial charge in [0, 0.05) is 17.7 Å². The van der Waals surface area contributed by atoms with E-state index in [0.29, 0.717) is 16.1 Å². The van der Waals surface area contributed by atoms with Crippen LogP contribution in [0.4, 0.5) is 15.9 Å². The Balaban J connectivity index is 2.29. The van der Waals surface area contributed by atoms with Gasteiger partial charge >= 0.3 is 0 Å². The van der Waals surface area contributed by atoms with E-state index in [2.05, 4.69) is 31.2 Å². The fourth-order valence-corrected chi connectivity index (χ4v) is 2.06. The molecular formula is C13H12BrClFN3. The average Bonchev–Trinajstić information content (AvgIpc) is 2.33. The number of halogens is 3. The second-order valence-electron chi connectivity index (χ2n) is 4.34. The van der Waals surface area contributed by atoms with E-state index in [4.69, 9.17) is 11.6 Å². The van der Waals surface area contributed by atoms with E-state index in [0.717, 1.165) is 5.82 Å². The quantitative estimate of drug-likeness (QED) is 0.805. The van der Waals surface area contributed by atoms with Crippen molar-refractivity contribution in [2.45, 2.75) is 19.8 Å². The molecule has 0 radical (unpaired) electrons. The lowest BCUT2D eigenvalue weighted by Gasteiger charge is -2.10. The van der Waals surface area contributed by atoms with Crippen molar-refractivity contribution in [3.8, 4) is 0 Å². The zero-order valence-corrected chi connectivity index (χ0v) is 12.8. The van der Waals surface area contributed by atoms with Crippen molar-refractivity contribution in [2.75, 3.05) is 5.32 Å². The zero-order chi connectivity index (χ0) is 14.0. The molecule has 1 aromatic heterocycles. The summed E-state index contributed by atoms with van der Waals surface area (Å²) in [5.41, 5.74) is 0.673. The summed E-state index contributed by atoms with van der Waals surface area (Å²) in [7, 11) is 0. The number of nitrogens with one attached hydrogen (secondary N) is 1. The Labute approximate surface area is 124 Å². The molecule has 0 fully saturated rings. The minimum absolute atomic E-state index is 0.0715. The van der Waals surface area contributed by atoms with E-state index >= 15 is 0 Å². The first-order chi connectivity index (χ1) is 8.95. The smallest absolute Gasteiger partial charge is 0.141 e. The van der Waals surface area contributed by atoms with Gasteiger partial charge < -0.3 is 5.32 Å². The van der Waals surface area contributed by atoms with Crippen LogP contribution in [0.25, 0.3) is 0 Å². The van der Waals surface area contributed by atoms with Gasteiger partial charge in [-0.3, -0.25) is 0 Å². The molecular weight excluding hydrogens is 333 g/mol. The van der Waals surface area contributed by atoms with Gasteiger partial charge in [-0.15, -0.1) is 0 Å². The molecule has 6 heteroatoms. The number of nitrogens with zero attached hydrogens (tertiary/aromatic N) is 2. The summed E-state index contributed by atoms with van der Waals surface area (Å²) < 4.78 is 13.8. The number of hydrogen-bond donors (Lipinski definition) is 1. The number of benzene rings is 1.